The van der Waals surface area contributed by atoms with Crippen LogP contribution in [0.2, 0.25) is 0 Å². The van der Waals surface area contributed by atoms with Gasteiger partial charge in [0, 0.05) is 52.7 Å². The average molecular weight is 312 g/mol. The third-order valence-corrected chi connectivity index (χ3v) is 4.38. The van der Waals surface area contributed by atoms with E-state index in [0.717, 1.165) is 32.2 Å². The Bertz CT molecular complexity index is 375. The number of hydrogen-bond donors (Lipinski definition) is 0. The van der Waals surface area contributed by atoms with Crippen molar-refractivity contribution in [2.24, 2.45) is 0 Å². The summed E-state index contributed by atoms with van der Waals surface area (Å²) in [4.78, 5) is 27.8. The third kappa shape index (κ3) is 5.25. The van der Waals surface area contributed by atoms with E-state index < -0.39 is 0 Å². The van der Waals surface area contributed by atoms with Gasteiger partial charge >= 0.3 is 0 Å². The minimum absolute atomic E-state index is 0.0846. The first-order valence-electron chi connectivity index (χ1n) is 8.37. The number of amides is 2. The van der Waals surface area contributed by atoms with E-state index in [4.69, 9.17) is 9.47 Å². The fourth-order valence-electron chi connectivity index (χ4n) is 3.05. The first kappa shape index (κ1) is 17.2. The van der Waals surface area contributed by atoms with E-state index in [1.807, 2.05) is 9.80 Å². The Morgan fingerprint density at radius 3 is 3.00 bits per heavy atom. The van der Waals surface area contributed by atoms with Crippen LogP contribution in [0.5, 0.6) is 0 Å². The minimum atomic E-state index is 0.0846. The van der Waals surface area contributed by atoms with Crippen molar-refractivity contribution in [3.63, 3.8) is 0 Å². The molecule has 2 rings (SSSR count). The zero-order valence-corrected chi connectivity index (χ0v) is 13.6. The van der Waals surface area contributed by atoms with Crippen molar-refractivity contribution in [3.8, 4) is 0 Å². The number of ether oxygens (including phenoxy) is 2. The topological polar surface area (TPSA) is 59.1 Å². The molecular weight excluding hydrogens is 284 g/mol. The van der Waals surface area contributed by atoms with Crippen molar-refractivity contribution < 1.29 is 19.1 Å². The van der Waals surface area contributed by atoms with Crippen LogP contribution in [0.1, 0.15) is 38.5 Å². The Kier molecular flexibility index (Phi) is 7.12. The summed E-state index contributed by atoms with van der Waals surface area (Å²) in [5, 5.41) is 0. The van der Waals surface area contributed by atoms with Crippen LogP contribution in [-0.4, -0.2) is 74.2 Å². The fourth-order valence-corrected chi connectivity index (χ4v) is 3.05. The summed E-state index contributed by atoms with van der Waals surface area (Å²) < 4.78 is 10.7. The summed E-state index contributed by atoms with van der Waals surface area (Å²) in [6.45, 7) is 4.15. The quantitative estimate of drug-likeness (QED) is 0.705. The van der Waals surface area contributed by atoms with Crippen molar-refractivity contribution in [1.29, 1.82) is 0 Å². The number of rotatable bonds is 7. The van der Waals surface area contributed by atoms with Gasteiger partial charge in [-0.05, 0) is 25.7 Å². The number of carbonyl (C=O) groups excluding carboxylic acids is 2. The SMILES string of the molecule is COCCC1CN(C(=O)CCCN2CCCCC2=O)CCO1. The van der Waals surface area contributed by atoms with E-state index in [2.05, 4.69) is 0 Å². The molecule has 2 fully saturated rings. The van der Waals surface area contributed by atoms with Gasteiger partial charge in [0.1, 0.15) is 0 Å². The molecule has 22 heavy (non-hydrogen) atoms. The van der Waals surface area contributed by atoms with Crippen LogP contribution in [-0.2, 0) is 19.1 Å². The van der Waals surface area contributed by atoms with Gasteiger partial charge in [-0.25, -0.2) is 0 Å². The summed E-state index contributed by atoms with van der Waals surface area (Å²) in [5.41, 5.74) is 0. The van der Waals surface area contributed by atoms with Crippen molar-refractivity contribution in [1.82, 2.24) is 9.80 Å². The highest BCUT2D eigenvalue weighted by Crippen LogP contribution is 2.13. The Morgan fingerprint density at radius 1 is 1.36 bits per heavy atom. The number of nitrogens with zero attached hydrogens (tertiary/aromatic N) is 2. The molecule has 0 aromatic heterocycles. The average Bonchev–Trinajstić information content (AvgIpc) is 2.55. The van der Waals surface area contributed by atoms with Gasteiger partial charge in [-0.2, -0.15) is 0 Å². The number of piperidine rings is 1. The highest BCUT2D eigenvalue weighted by molar-refractivity contribution is 5.77. The van der Waals surface area contributed by atoms with Crippen LogP contribution in [0.3, 0.4) is 0 Å². The molecule has 0 saturated carbocycles. The van der Waals surface area contributed by atoms with Crippen LogP contribution in [0.15, 0.2) is 0 Å². The van der Waals surface area contributed by atoms with Crippen LogP contribution in [0, 0.1) is 0 Å². The molecule has 2 saturated heterocycles. The van der Waals surface area contributed by atoms with E-state index in [0.29, 0.717) is 45.7 Å². The molecule has 2 amide bonds. The highest BCUT2D eigenvalue weighted by atomic mass is 16.5. The first-order chi connectivity index (χ1) is 10.7. The van der Waals surface area contributed by atoms with Crippen LogP contribution in [0.4, 0.5) is 0 Å². The second-order valence-electron chi connectivity index (χ2n) is 6.06. The minimum Gasteiger partial charge on any atom is -0.385 e. The second-order valence-corrected chi connectivity index (χ2v) is 6.06. The molecule has 6 nitrogen and oxygen atoms in total. The molecule has 0 bridgehead atoms. The number of methoxy groups -OCH3 is 1. The molecule has 6 heteroatoms. The highest BCUT2D eigenvalue weighted by Gasteiger charge is 2.24. The van der Waals surface area contributed by atoms with E-state index in [9.17, 15) is 9.59 Å². The lowest BCUT2D eigenvalue weighted by Gasteiger charge is -2.33. The Balaban J connectivity index is 1.66. The van der Waals surface area contributed by atoms with Crippen molar-refractivity contribution >= 4 is 11.8 Å². The summed E-state index contributed by atoms with van der Waals surface area (Å²) >= 11 is 0. The van der Waals surface area contributed by atoms with Gasteiger partial charge in [0.05, 0.1) is 12.7 Å². The number of likely N-dealkylation sites (tertiary alicyclic amines) is 1. The molecule has 2 aliphatic heterocycles. The van der Waals surface area contributed by atoms with Gasteiger partial charge in [0.15, 0.2) is 0 Å². The zero-order chi connectivity index (χ0) is 15.8. The van der Waals surface area contributed by atoms with Crippen LogP contribution < -0.4 is 0 Å². The maximum absolute atomic E-state index is 12.3. The lowest BCUT2D eigenvalue weighted by atomic mass is 10.1. The molecule has 126 valence electrons. The Hall–Kier alpha value is -1.14. The second kappa shape index (κ2) is 9.10. The first-order valence-corrected chi connectivity index (χ1v) is 8.37. The number of carbonyl (C=O) groups is 2. The molecule has 2 aliphatic rings. The molecule has 1 atom stereocenters. The predicted molar refractivity (Wildman–Crippen MR) is 82.5 cm³/mol. The third-order valence-electron chi connectivity index (χ3n) is 4.38. The van der Waals surface area contributed by atoms with Crippen molar-refractivity contribution in [3.05, 3.63) is 0 Å². The molecule has 0 aromatic carbocycles. The maximum atomic E-state index is 12.3. The van der Waals surface area contributed by atoms with E-state index in [1.165, 1.54) is 0 Å². The molecular formula is C16H28N2O4. The molecule has 0 aliphatic carbocycles. The number of hydrogen-bond acceptors (Lipinski definition) is 4. The molecule has 0 N–H and O–H groups in total. The number of morpholine rings is 1. The largest absolute Gasteiger partial charge is 0.385 e. The van der Waals surface area contributed by atoms with E-state index in [1.54, 1.807) is 7.11 Å². The fraction of sp³-hybridized carbons (Fsp3) is 0.875. The lowest BCUT2D eigenvalue weighted by molar-refractivity contribution is -0.140. The summed E-state index contributed by atoms with van der Waals surface area (Å²) in [5.74, 6) is 0.417. The van der Waals surface area contributed by atoms with Crippen LogP contribution in [0.25, 0.3) is 0 Å². The Morgan fingerprint density at radius 2 is 2.23 bits per heavy atom. The van der Waals surface area contributed by atoms with Crippen molar-refractivity contribution in [2.45, 2.75) is 44.6 Å². The zero-order valence-electron chi connectivity index (χ0n) is 13.6. The van der Waals surface area contributed by atoms with Crippen LogP contribution >= 0.6 is 0 Å². The van der Waals surface area contributed by atoms with Gasteiger partial charge in [-0.15, -0.1) is 0 Å². The molecule has 0 radical (unpaired) electrons. The molecule has 0 aromatic rings. The van der Waals surface area contributed by atoms with E-state index >= 15 is 0 Å². The Labute approximate surface area is 132 Å². The molecule has 1 unspecified atom stereocenters. The van der Waals surface area contributed by atoms with E-state index in [-0.39, 0.29) is 17.9 Å². The van der Waals surface area contributed by atoms with Gasteiger partial charge < -0.3 is 19.3 Å². The monoisotopic (exact) mass is 312 g/mol. The maximum Gasteiger partial charge on any atom is 0.222 e. The molecule has 0 spiro atoms. The lowest BCUT2D eigenvalue weighted by Crippen LogP contribution is -2.46. The smallest absolute Gasteiger partial charge is 0.222 e. The van der Waals surface area contributed by atoms with Crippen molar-refractivity contribution in [2.75, 3.05) is 46.5 Å². The standard InChI is InChI=1S/C16H28N2O4/c1-21-11-7-14-13-18(10-12-22-14)16(20)6-4-9-17-8-3-2-5-15(17)19/h14H,2-13H2,1H3. The van der Waals surface area contributed by atoms with Gasteiger partial charge in [0.25, 0.3) is 0 Å². The summed E-state index contributed by atoms with van der Waals surface area (Å²) in [7, 11) is 1.67. The predicted octanol–water partition coefficient (Wildman–Crippen LogP) is 1.04. The van der Waals surface area contributed by atoms with Gasteiger partial charge in [-0.1, -0.05) is 0 Å². The summed E-state index contributed by atoms with van der Waals surface area (Å²) in [6, 6.07) is 0. The van der Waals surface area contributed by atoms with Gasteiger partial charge in [-0.3, -0.25) is 9.59 Å². The summed E-state index contributed by atoms with van der Waals surface area (Å²) in [6.07, 6.45) is 4.93. The van der Waals surface area contributed by atoms with Gasteiger partial charge in [0.2, 0.25) is 11.8 Å². The normalized spacial score (nSPS) is 23.0. The molecule has 2 heterocycles.